The van der Waals surface area contributed by atoms with Crippen molar-refractivity contribution in [2.75, 3.05) is 24.3 Å². The molecule has 112 valence electrons. The number of nitrogens with one attached hydrogen (secondary N) is 1. The van der Waals surface area contributed by atoms with E-state index in [2.05, 4.69) is 24.3 Å². The number of nitrogen functional groups attached to an aromatic ring is 1. The molecule has 20 heavy (non-hydrogen) atoms. The summed E-state index contributed by atoms with van der Waals surface area (Å²) in [5.74, 6) is 6.48. The van der Waals surface area contributed by atoms with Crippen LogP contribution in [0.4, 0.5) is 5.82 Å². The number of thioether (sulfide) groups is 1. The molecule has 0 aliphatic carbocycles. The van der Waals surface area contributed by atoms with Gasteiger partial charge in [-0.05, 0) is 18.6 Å². The number of nitrogens with two attached hydrogens (primary N) is 1. The molecule has 1 aromatic heterocycles. The van der Waals surface area contributed by atoms with Gasteiger partial charge in [0, 0.05) is 29.8 Å². The molecule has 0 amide bonds. The highest BCUT2D eigenvalue weighted by molar-refractivity contribution is 8.00. The molecule has 1 aromatic rings. The van der Waals surface area contributed by atoms with E-state index in [9.17, 15) is 8.42 Å². The van der Waals surface area contributed by atoms with Crippen molar-refractivity contribution in [2.45, 2.75) is 29.9 Å². The lowest BCUT2D eigenvalue weighted by Crippen LogP contribution is -2.33. The van der Waals surface area contributed by atoms with Crippen LogP contribution in [-0.4, -0.2) is 41.3 Å². The lowest BCUT2D eigenvalue weighted by molar-refractivity contribution is 0.415. The fraction of sp³-hybridized carbons (Fsp3) is 0.583. The SMILES string of the molecule is CC1(C)CCN(S(=O)(=O)c2ccc(NN)nc2)CCS1. The molecule has 1 fully saturated rings. The monoisotopic (exact) mass is 316 g/mol. The fourth-order valence-electron chi connectivity index (χ4n) is 2.01. The van der Waals surface area contributed by atoms with Gasteiger partial charge in [-0.3, -0.25) is 0 Å². The zero-order chi connectivity index (χ0) is 14.8. The summed E-state index contributed by atoms with van der Waals surface area (Å²) in [5.41, 5.74) is 2.38. The fourth-order valence-corrected chi connectivity index (χ4v) is 4.61. The second-order valence-corrected chi connectivity index (χ2v) is 9.03. The molecule has 8 heteroatoms. The summed E-state index contributed by atoms with van der Waals surface area (Å²) >= 11 is 1.81. The highest BCUT2D eigenvalue weighted by atomic mass is 32.2. The molecule has 1 saturated heterocycles. The first kappa shape index (κ1) is 15.6. The Morgan fingerprint density at radius 2 is 2.15 bits per heavy atom. The minimum Gasteiger partial charge on any atom is -0.308 e. The minimum absolute atomic E-state index is 0.121. The van der Waals surface area contributed by atoms with Crippen LogP contribution < -0.4 is 11.3 Å². The maximum absolute atomic E-state index is 12.6. The van der Waals surface area contributed by atoms with Crippen LogP contribution in [-0.2, 0) is 10.0 Å². The second-order valence-electron chi connectivity index (χ2n) is 5.29. The smallest absolute Gasteiger partial charge is 0.244 e. The van der Waals surface area contributed by atoms with Gasteiger partial charge in [-0.25, -0.2) is 19.2 Å². The highest BCUT2D eigenvalue weighted by Crippen LogP contribution is 2.32. The number of hydrazine groups is 1. The third-order valence-corrected chi connectivity index (χ3v) is 6.57. The molecule has 0 bridgehead atoms. The van der Waals surface area contributed by atoms with E-state index in [4.69, 9.17) is 5.84 Å². The first-order valence-corrected chi connectivity index (χ1v) is 8.84. The van der Waals surface area contributed by atoms with Crippen LogP contribution in [0.2, 0.25) is 0 Å². The molecule has 0 radical (unpaired) electrons. The Morgan fingerprint density at radius 1 is 1.40 bits per heavy atom. The number of nitrogens with zero attached hydrogens (tertiary/aromatic N) is 2. The maximum Gasteiger partial charge on any atom is 0.244 e. The van der Waals surface area contributed by atoms with Crippen LogP contribution in [0.1, 0.15) is 20.3 Å². The van der Waals surface area contributed by atoms with Crippen LogP contribution in [0, 0.1) is 0 Å². The Kier molecular flexibility index (Phi) is 4.58. The van der Waals surface area contributed by atoms with Crippen molar-refractivity contribution >= 4 is 27.6 Å². The van der Waals surface area contributed by atoms with E-state index < -0.39 is 10.0 Å². The molecule has 1 aliphatic heterocycles. The van der Waals surface area contributed by atoms with Crippen molar-refractivity contribution in [1.29, 1.82) is 0 Å². The van der Waals surface area contributed by atoms with E-state index in [1.54, 1.807) is 10.4 Å². The van der Waals surface area contributed by atoms with Crippen LogP contribution in [0.5, 0.6) is 0 Å². The van der Waals surface area contributed by atoms with Crippen molar-refractivity contribution in [3.8, 4) is 0 Å². The maximum atomic E-state index is 12.6. The van der Waals surface area contributed by atoms with Gasteiger partial charge in [0.2, 0.25) is 10.0 Å². The van der Waals surface area contributed by atoms with Crippen LogP contribution in [0.3, 0.4) is 0 Å². The Morgan fingerprint density at radius 3 is 2.75 bits per heavy atom. The molecule has 2 heterocycles. The summed E-state index contributed by atoms with van der Waals surface area (Å²) in [5, 5.41) is 0. The second kappa shape index (κ2) is 5.88. The summed E-state index contributed by atoms with van der Waals surface area (Å²) in [7, 11) is -3.47. The van der Waals surface area contributed by atoms with Gasteiger partial charge in [0.1, 0.15) is 10.7 Å². The lowest BCUT2D eigenvalue weighted by Gasteiger charge is -2.22. The van der Waals surface area contributed by atoms with Crippen molar-refractivity contribution in [3.05, 3.63) is 18.3 Å². The number of sulfonamides is 1. The Labute approximate surface area is 124 Å². The van der Waals surface area contributed by atoms with Crippen molar-refractivity contribution < 1.29 is 8.42 Å². The third kappa shape index (κ3) is 3.43. The quantitative estimate of drug-likeness (QED) is 0.645. The summed E-state index contributed by atoms with van der Waals surface area (Å²) in [6.07, 6.45) is 2.18. The average Bonchev–Trinajstić information content (AvgIpc) is 2.60. The topological polar surface area (TPSA) is 88.3 Å². The van der Waals surface area contributed by atoms with Gasteiger partial charge in [-0.15, -0.1) is 0 Å². The minimum atomic E-state index is -3.47. The molecule has 6 nitrogen and oxygen atoms in total. The molecular weight excluding hydrogens is 296 g/mol. The van der Waals surface area contributed by atoms with Gasteiger partial charge in [0.15, 0.2) is 0 Å². The standard InChI is InChI=1S/C12H20N4O2S2/c1-12(2)5-6-16(7-8-19-12)20(17,18)10-3-4-11(15-13)14-9-10/h3-4,9H,5-8,13H2,1-2H3,(H,14,15). The third-order valence-electron chi connectivity index (χ3n) is 3.32. The van der Waals surface area contributed by atoms with Crippen LogP contribution in [0.15, 0.2) is 23.2 Å². The Hall–Kier alpha value is -0.830. The molecule has 0 saturated carbocycles. The van der Waals surface area contributed by atoms with Gasteiger partial charge in [0.05, 0.1) is 0 Å². The normalized spacial score (nSPS) is 20.4. The molecule has 2 rings (SSSR count). The summed E-state index contributed by atoms with van der Waals surface area (Å²) in [4.78, 5) is 4.17. The zero-order valence-corrected chi connectivity index (χ0v) is 13.3. The Bertz CT molecular complexity index is 557. The molecule has 0 spiro atoms. The van der Waals surface area contributed by atoms with E-state index >= 15 is 0 Å². The molecule has 0 aromatic carbocycles. The number of pyridine rings is 1. The average molecular weight is 316 g/mol. The van der Waals surface area contributed by atoms with E-state index in [0.29, 0.717) is 18.9 Å². The number of anilines is 1. The van der Waals surface area contributed by atoms with Gasteiger partial charge in [0.25, 0.3) is 0 Å². The van der Waals surface area contributed by atoms with Crippen molar-refractivity contribution in [1.82, 2.24) is 9.29 Å². The van der Waals surface area contributed by atoms with Gasteiger partial charge < -0.3 is 5.43 Å². The molecular formula is C12H20N4O2S2. The van der Waals surface area contributed by atoms with E-state index in [0.717, 1.165) is 12.2 Å². The molecule has 3 N–H and O–H groups in total. The number of rotatable bonds is 3. The van der Waals surface area contributed by atoms with Gasteiger partial charge in [-0.1, -0.05) is 13.8 Å². The van der Waals surface area contributed by atoms with E-state index in [1.807, 2.05) is 11.8 Å². The van der Waals surface area contributed by atoms with Gasteiger partial charge >= 0.3 is 0 Å². The Balaban J connectivity index is 2.20. The zero-order valence-electron chi connectivity index (χ0n) is 11.7. The van der Waals surface area contributed by atoms with Crippen LogP contribution >= 0.6 is 11.8 Å². The van der Waals surface area contributed by atoms with Crippen LogP contribution in [0.25, 0.3) is 0 Å². The molecule has 0 unspecified atom stereocenters. The van der Waals surface area contributed by atoms with E-state index in [-0.39, 0.29) is 9.64 Å². The summed E-state index contributed by atoms with van der Waals surface area (Å²) < 4.78 is 26.8. The predicted octanol–water partition coefficient (Wildman–Crippen LogP) is 1.27. The first-order chi connectivity index (χ1) is 9.35. The number of aromatic nitrogens is 1. The first-order valence-electron chi connectivity index (χ1n) is 6.42. The molecule has 0 atom stereocenters. The lowest BCUT2D eigenvalue weighted by atomic mass is 10.1. The summed E-state index contributed by atoms with van der Waals surface area (Å²) in [6.45, 7) is 5.38. The number of hydrogen-bond donors (Lipinski definition) is 2. The highest BCUT2D eigenvalue weighted by Gasteiger charge is 2.30. The summed E-state index contributed by atoms with van der Waals surface area (Å²) in [6, 6.07) is 3.09. The van der Waals surface area contributed by atoms with E-state index in [1.165, 1.54) is 12.3 Å². The van der Waals surface area contributed by atoms with Crippen molar-refractivity contribution in [2.24, 2.45) is 5.84 Å². The predicted molar refractivity (Wildman–Crippen MR) is 82.0 cm³/mol. The molecule has 1 aliphatic rings. The largest absolute Gasteiger partial charge is 0.308 e. The number of hydrogen-bond acceptors (Lipinski definition) is 6. The van der Waals surface area contributed by atoms with Gasteiger partial charge in [-0.2, -0.15) is 16.1 Å². The van der Waals surface area contributed by atoms with Crippen molar-refractivity contribution in [3.63, 3.8) is 0 Å².